The minimum absolute atomic E-state index is 0.108. The van der Waals surface area contributed by atoms with Gasteiger partial charge in [0.1, 0.15) is 17.8 Å². The van der Waals surface area contributed by atoms with E-state index < -0.39 is 5.82 Å². The molecule has 1 aromatic carbocycles. The summed E-state index contributed by atoms with van der Waals surface area (Å²) in [5.41, 5.74) is 1.92. The number of hydrogen-bond donors (Lipinski definition) is 3. The Morgan fingerprint density at radius 1 is 1.29 bits per heavy atom. The maximum Gasteiger partial charge on any atom is 0.305 e. The van der Waals surface area contributed by atoms with Crippen molar-refractivity contribution in [2.45, 2.75) is 0 Å². The largest absolute Gasteiger partial charge is 0.343 e. The Hall–Kier alpha value is -2.74. The van der Waals surface area contributed by atoms with Crippen LogP contribution in [0.1, 0.15) is 0 Å². The summed E-state index contributed by atoms with van der Waals surface area (Å²) in [4.78, 5) is 24.7. The van der Waals surface area contributed by atoms with Gasteiger partial charge in [0.15, 0.2) is 5.82 Å². The molecule has 0 saturated carbocycles. The lowest BCUT2D eigenvalue weighted by Crippen LogP contribution is -1.95. The highest BCUT2D eigenvalue weighted by molar-refractivity contribution is 7.16. The maximum atomic E-state index is 13.8. The number of fused-ring (bicyclic) bond motifs is 2. The highest BCUT2D eigenvalue weighted by Crippen LogP contribution is 2.27. The Morgan fingerprint density at radius 3 is 3.10 bits per heavy atom. The Labute approximate surface area is 120 Å². The van der Waals surface area contributed by atoms with Crippen LogP contribution in [-0.2, 0) is 0 Å². The lowest BCUT2D eigenvalue weighted by atomic mass is 10.3. The van der Waals surface area contributed by atoms with E-state index in [-0.39, 0.29) is 4.87 Å². The highest BCUT2D eigenvalue weighted by atomic mass is 32.1. The molecule has 21 heavy (non-hydrogen) atoms. The minimum Gasteiger partial charge on any atom is -0.343 e. The van der Waals surface area contributed by atoms with Crippen LogP contribution in [0.3, 0.4) is 0 Å². The molecule has 104 valence electrons. The van der Waals surface area contributed by atoms with Gasteiger partial charge in [0.25, 0.3) is 0 Å². The Bertz CT molecular complexity index is 1020. The van der Waals surface area contributed by atoms with Crippen LogP contribution < -0.4 is 10.2 Å². The molecule has 0 saturated heterocycles. The Balaban J connectivity index is 1.82. The van der Waals surface area contributed by atoms with Crippen LogP contribution in [0.25, 0.3) is 21.3 Å². The van der Waals surface area contributed by atoms with E-state index in [4.69, 9.17) is 0 Å². The number of aromatic amines is 2. The fourth-order valence-electron chi connectivity index (χ4n) is 2.18. The summed E-state index contributed by atoms with van der Waals surface area (Å²) in [5.74, 6) is -0.0403. The Morgan fingerprint density at radius 2 is 2.19 bits per heavy atom. The highest BCUT2D eigenvalue weighted by Gasteiger charge is 2.11. The number of benzene rings is 1. The van der Waals surface area contributed by atoms with Crippen molar-refractivity contribution in [3.8, 4) is 0 Å². The molecule has 0 aliphatic carbocycles. The number of rotatable bonds is 2. The molecule has 3 heterocycles. The van der Waals surface area contributed by atoms with Crippen LogP contribution in [0.2, 0.25) is 0 Å². The predicted octanol–water partition coefficient (Wildman–Crippen LogP) is 2.74. The standard InChI is InChI=1S/C13H8FN5OS/c14-7-4-15-11-10(7)12(17-5-16-11)18-6-1-2-8-9(3-6)21-13(20)19-8/h1-5H,(H,19,20)(H2,15,16,17,18). The molecule has 0 fully saturated rings. The van der Waals surface area contributed by atoms with Crippen molar-refractivity contribution in [2.75, 3.05) is 5.32 Å². The quantitative estimate of drug-likeness (QED) is 0.531. The topological polar surface area (TPSA) is 86.5 Å². The van der Waals surface area contributed by atoms with Gasteiger partial charge in [0.2, 0.25) is 0 Å². The van der Waals surface area contributed by atoms with Crippen molar-refractivity contribution in [1.82, 2.24) is 19.9 Å². The van der Waals surface area contributed by atoms with Gasteiger partial charge in [0.05, 0.1) is 15.6 Å². The molecule has 0 aliphatic rings. The average Bonchev–Trinajstić information content (AvgIpc) is 3.02. The lowest BCUT2D eigenvalue weighted by Gasteiger charge is -2.06. The number of H-pyrrole nitrogens is 2. The van der Waals surface area contributed by atoms with Gasteiger partial charge in [-0.05, 0) is 18.2 Å². The Kier molecular flexibility index (Phi) is 2.51. The number of halogens is 1. The number of aromatic nitrogens is 4. The molecule has 8 heteroatoms. The van der Waals surface area contributed by atoms with E-state index in [9.17, 15) is 9.18 Å². The second-order valence-electron chi connectivity index (χ2n) is 4.43. The zero-order valence-corrected chi connectivity index (χ0v) is 11.3. The second kappa shape index (κ2) is 4.38. The number of anilines is 2. The molecule has 6 nitrogen and oxygen atoms in total. The first-order valence-electron chi connectivity index (χ1n) is 6.08. The first-order valence-corrected chi connectivity index (χ1v) is 6.90. The van der Waals surface area contributed by atoms with Crippen molar-refractivity contribution >= 4 is 44.1 Å². The zero-order valence-electron chi connectivity index (χ0n) is 10.5. The van der Waals surface area contributed by atoms with Crippen LogP contribution in [0.5, 0.6) is 0 Å². The van der Waals surface area contributed by atoms with E-state index in [0.717, 1.165) is 27.2 Å². The third-order valence-electron chi connectivity index (χ3n) is 3.11. The molecule has 3 aromatic heterocycles. The predicted molar refractivity (Wildman–Crippen MR) is 79.6 cm³/mol. The third-order valence-corrected chi connectivity index (χ3v) is 3.95. The average molecular weight is 301 g/mol. The van der Waals surface area contributed by atoms with Gasteiger partial charge < -0.3 is 15.3 Å². The van der Waals surface area contributed by atoms with E-state index >= 15 is 0 Å². The number of thiazole rings is 1. The van der Waals surface area contributed by atoms with Gasteiger partial charge in [-0.25, -0.2) is 14.4 Å². The van der Waals surface area contributed by atoms with E-state index in [2.05, 4.69) is 25.3 Å². The molecule has 4 aromatic rings. The number of nitrogens with zero attached hydrogens (tertiary/aromatic N) is 2. The first-order chi connectivity index (χ1) is 10.2. The summed E-state index contributed by atoms with van der Waals surface area (Å²) in [7, 11) is 0. The van der Waals surface area contributed by atoms with E-state index in [1.165, 1.54) is 12.5 Å². The summed E-state index contributed by atoms with van der Waals surface area (Å²) in [6, 6.07) is 5.40. The third kappa shape index (κ3) is 1.96. The summed E-state index contributed by atoms with van der Waals surface area (Å²) < 4.78 is 14.6. The van der Waals surface area contributed by atoms with E-state index in [1.807, 2.05) is 6.07 Å². The molecule has 0 aliphatic heterocycles. The second-order valence-corrected chi connectivity index (χ2v) is 5.45. The van der Waals surface area contributed by atoms with Crippen LogP contribution in [-0.4, -0.2) is 19.9 Å². The SMILES string of the molecule is O=c1[nH]c2ccc(Nc3ncnc4[nH]cc(F)c34)cc2s1. The van der Waals surface area contributed by atoms with Gasteiger partial charge in [-0.15, -0.1) is 0 Å². The van der Waals surface area contributed by atoms with Crippen molar-refractivity contribution in [1.29, 1.82) is 0 Å². The monoisotopic (exact) mass is 301 g/mol. The summed E-state index contributed by atoms with van der Waals surface area (Å²) in [5, 5.41) is 3.36. The first kappa shape index (κ1) is 12.0. The molecule has 3 N–H and O–H groups in total. The molecule has 0 radical (unpaired) electrons. The van der Waals surface area contributed by atoms with Crippen molar-refractivity contribution in [3.63, 3.8) is 0 Å². The molecule has 4 rings (SSSR count). The lowest BCUT2D eigenvalue weighted by molar-refractivity contribution is 0.639. The van der Waals surface area contributed by atoms with Crippen LogP contribution in [0.4, 0.5) is 15.9 Å². The fourth-order valence-corrected chi connectivity index (χ4v) is 2.96. The smallest absolute Gasteiger partial charge is 0.305 e. The van der Waals surface area contributed by atoms with Crippen LogP contribution >= 0.6 is 11.3 Å². The normalized spacial score (nSPS) is 11.3. The molecular weight excluding hydrogens is 293 g/mol. The van der Waals surface area contributed by atoms with Gasteiger partial charge in [-0.2, -0.15) is 0 Å². The summed E-state index contributed by atoms with van der Waals surface area (Å²) >= 11 is 1.12. The molecular formula is C13H8FN5OS. The molecule has 0 amide bonds. The van der Waals surface area contributed by atoms with Crippen LogP contribution in [0, 0.1) is 5.82 Å². The zero-order chi connectivity index (χ0) is 14.4. The molecule has 0 spiro atoms. The molecule has 0 atom stereocenters. The van der Waals surface area contributed by atoms with Gasteiger partial charge in [0, 0.05) is 11.9 Å². The van der Waals surface area contributed by atoms with Crippen molar-refractivity contribution in [3.05, 3.63) is 46.2 Å². The summed E-state index contributed by atoms with van der Waals surface area (Å²) in [6.07, 6.45) is 2.60. The minimum atomic E-state index is -0.416. The van der Waals surface area contributed by atoms with E-state index in [1.54, 1.807) is 12.1 Å². The van der Waals surface area contributed by atoms with Gasteiger partial charge in [-0.1, -0.05) is 11.3 Å². The van der Waals surface area contributed by atoms with Gasteiger partial charge in [-0.3, -0.25) is 4.79 Å². The van der Waals surface area contributed by atoms with E-state index in [0.29, 0.717) is 16.9 Å². The number of hydrogen-bond acceptors (Lipinski definition) is 5. The maximum absolute atomic E-state index is 13.8. The van der Waals surface area contributed by atoms with Crippen molar-refractivity contribution < 1.29 is 4.39 Å². The molecule has 0 bridgehead atoms. The number of nitrogens with one attached hydrogen (secondary N) is 3. The molecule has 0 unspecified atom stereocenters. The van der Waals surface area contributed by atoms with Crippen LogP contribution in [0.15, 0.2) is 35.5 Å². The van der Waals surface area contributed by atoms with Gasteiger partial charge >= 0.3 is 4.87 Å². The summed E-state index contributed by atoms with van der Waals surface area (Å²) in [6.45, 7) is 0. The fraction of sp³-hybridized carbons (Fsp3) is 0. The van der Waals surface area contributed by atoms with Crippen molar-refractivity contribution in [2.24, 2.45) is 0 Å².